The number of carboxylic acid groups (broad SMARTS) is 1. The van der Waals surface area contributed by atoms with E-state index in [-0.39, 0.29) is 24.3 Å². The molecule has 0 aromatic heterocycles. The number of nitrogens with zero attached hydrogens (tertiary/aromatic N) is 1. The first-order valence-corrected chi connectivity index (χ1v) is 5.05. The van der Waals surface area contributed by atoms with Crippen molar-refractivity contribution in [1.82, 2.24) is 4.90 Å². The minimum absolute atomic E-state index is 0.000465. The van der Waals surface area contributed by atoms with Gasteiger partial charge in [-0.05, 0) is 6.42 Å². The Balaban J connectivity index is 2.65. The Labute approximate surface area is 89.3 Å². The molecular weight excluding hydrogens is 194 g/mol. The summed E-state index contributed by atoms with van der Waals surface area (Å²) in [6, 6.07) is -0.214. The fourth-order valence-corrected chi connectivity index (χ4v) is 1.87. The summed E-state index contributed by atoms with van der Waals surface area (Å²) < 4.78 is 0. The summed E-state index contributed by atoms with van der Waals surface area (Å²) in [6.45, 7) is 2.38. The lowest BCUT2D eigenvalue weighted by molar-refractivity contribution is -0.139. The number of rotatable bonds is 4. The molecule has 1 saturated heterocycles. The lowest BCUT2D eigenvalue weighted by Crippen LogP contribution is -2.37. The molecule has 4 nitrogen and oxygen atoms in total. The highest BCUT2D eigenvalue weighted by molar-refractivity contribution is 5.80. The number of hydrogen-bond acceptors (Lipinski definition) is 2. The summed E-state index contributed by atoms with van der Waals surface area (Å²) >= 11 is 0. The minimum Gasteiger partial charge on any atom is -0.481 e. The van der Waals surface area contributed by atoms with Crippen molar-refractivity contribution >= 4 is 11.9 Å². The number of carbonyl (C=O) groups excluding carboxylic acids is 1. The predicted octanol–water partition coefficient (Wildman–Crippen LogP) is 0.721. The van der Waals surface area contributed by atoms with Crippen LogP contribution in [0.2, 0.25) is 0 Å². The molecule has 2 unspecified atom stereocenters. The summed E-state index contributed by atoms with van der Waals surface area (Å²) in [6.07, 6.45) is 6.26. The largest absolute Gasteiger partial charge is 0.481 e. The molecule has 1 heterocycles. The molecule has 0 aliphatic carbocycles. The number of carboxylic acids is 1. The molecule has 2 atom stereocenters. The third-order valence-corrected chi connectivity index (χ3v) is 2.72. The van der Waals surface area contributed by atoms with E-state index in [1.807, 2.05) is 6.92 Å². The van der Waals surface area contributed by atoms with Crippen LogP contribution in [0.15, 0.2) is 0 Å². The van der Waals surface area contributed by atoms with Gasteiger partial charge in [0.2, 0.25) is 5.91 Å². The maximum atomic E-state index is 11.6. The van der Waals surface area contributed by atoms with Crippen LogP contribution in [0.3, 0.4) is 0 Å². The third-order valence-electron chi connectivity index (χ3n) is 2.72. The normalized spacial score (nSPS) is 22.5. The Kier molecular flexibility index (Phi) is 3.73. The van der Waals surface area contributed by atoms with Gasteiger partial charge in [-0.15, -0.1) is 12.3 Å². The Hall–Kier alpha value is -1.50. The van der Waals surface area contributed by atoms with Crippen LogP contribution in [0, 0.1) is 18.3 Å². The molecule has 1 rings (SSSR count). The summed E-state index contributed by atoms with van der Waals surface area (Å²) in [5.41, 5.74) is 0. The van der Waals surface area contributed by atoms with Gasteiger partial charge in [-0.3, -0.25) is 9.59 Å². The molecule has 0 bridgehead atoms. The molecule has 4 heteroatoms. The molecule has 1 amide bonds. The smallest absolute Gasteiger partial charge is 0.305 e. The van der Waals surface area contributed by atoms with E-state index in [1.54, 1.807) is 4.90 Å². The highest BCUT2D eigenvalue weighted by atomic mass is 16.4. The molecule has 82 valence electrons. The first-order valence-electron chi connectivity index (χ1n) is 5.05. The molecule has 1 N–H and O–H groups in total. The highest BCUT2D eigenvalue weighted by Gasteiger charge is 2.33. The van der Waals surface area contributed by atoms with Gasteiger partial charge >= 0.3 is 5.97 Å². The van der Waals surface area contributed by atoms with E-state index in [0.29, 0.717) is 19.4 Å². The molecule has 0 spiro atoms. The topological polar surface area (TPSA) is 57.6 Å². The second kappa shape index (κ2) is 4.83. The fourth-order valence-electron chi connectivity index (χ4n) is 1.87. The van der Waals surface area contributed by atoms with Crippen molar-refractivity contribution < 1.29 is 14.7 Å². The number of amides is 1. The summed E-state index contributed by atoms with van der Waals surface area (Å²) in [4.78, 5) is 23.8. The summed E-state index contributed by atoms with van der Waals surface area (Å²) in [5.74, 6) is 1.59. The van der Waals surface area contributed by atoms with Gasteiger partial charge in [0.15, 0.2) is 0 Å². The number of terminal acetylenes is 1. The van der Waals surface area contributed by atoms with E-state index < -0.39 is 5.97 Å². The van der Waals surface area contributed by atoms with Crippen LogP contribution in [0.4, 0.5) is 0 Å². The molecular formula is C11H15NO3. The number of carbonyl (C=O) groups is 2. The van der Waals surface area contributed by atoms with E-state index in [4.69, 9.17) is 11.5 Å². The third kappa shape index (κ3) is 2.72. The lowest BCUT2D eigenvalue weighted by atomic mass is 10.1. The summed E-state index contributed by atoms with van der Waals surface area (Å²) in [7, 11) is 0. The van der Waals surface area contributed by atoms with Gasteiger partial charge in [0.25, 0.3) is 0 Å². The molecule has 0 aromatic rings. The first-order chi connectivity index (χ1) is 7.08. The van der Waals surface area contributed by atoms with Crippen LogP contribution < -0.4 is 0 Å². The van der Waals surface area contributed by atoms with Crippen molar-refractivity contribution in [1.29, 1.82) is 0 Å². The molecule has 0 saturated carbocycles. The maximum absolute atomic E-state index is 11.6. The van der Waals surface area contributed by atoms with E-state index >= 15 is 0 Å². The van der Waals surface area contributed by atoms with Gasteiger partial charge in [-0.25, -0.2) is 0 Å². The van der Waals surface area contributed by atoms with Gasteiger partial charge in [-0.2, -0.15) is 0 Å². The Bertz CT molecular complexity index is 305. The molecule has 0 aromatic carbocycles. The zero-order valence-electron chi connectivity index (χ0n) is 8.77. The van der Waals surface area contributed by atoms with Gasteiger partial charge in [-0.1, -0.05) is 6.92 Å². The van der Waals surface area contributed by atoms with Crippen LogP contribution in [0.1, 0.15) is 26.2 Å². The highest BCUT2D eigenvalue weighted by Crippen LogP contribution is 2.22. The molecule has 0 radical (unpaired) electrons. The summed E-state index contributed by atoms with van der Waals surface area (Å²) in [5, 5.41) is 8.71. The zero-order chi connectivity index (χ0) is 11.4. The Morgan fingerprint density at radius 3 is 2.87 bits per heavy atom. The number of likely N-dealkylation sites (tertiary alicyclic amines) is 1. The average Bonchev–Trinajstić information content (AvgIpc) is 2.56. The molecule has 1 fully saturated rings. The second-order valence-electron chi connectivity index (χ2n) is 3.77. The van der Waals surface area contributed by atoms with Gasteiger partial charge < -0.3 is 10.0 Å². The van der Waals surface area contributed by atoms with Gasteiger partial charge in [0.05, 0.1) is 6.42 Å². The van der Waals surface area contributed by atoms with E-state index in [1.165, 1.54) is 0 Å². The van der Waals surface area contributed by atoms with Crippen molar-refractivity contribution in [3.05, 3.63) is 0 Å². The number of hydrogen-bond donors (Lipinski definition) is 1. The van der Waals surface area contributed by atoms with Crippen molar-refractivity contribution in [3.8, 4) is 12.3 Å². The van der Waals surface area contributed by atoms with Crippen molar-refractivity contribution in [2.24, 2.45) is 5.92 Å². The maximum Gasteiger partial charge on any atom is 0.305 e. The predicted molar refractivity (Wildman–Crippen MR) is 55.0 cm³/mol. The fraction of sp³-hybridized carbons (Fsp3) is 0.636. The second-order valence-corrected chi connectivity index (χ2v) is 3.77. The van der Waals surface area contributed by atoms with Crippen molar-refractivity contribution in [3.63, 3.8) is 0 Å². The monoisotopic (exact) mass is 209 g/mol. The van der Waals surface area contributed by atoms with Crippen LogP contribution in [0.5, 0.6) is 0 Å². The van der Waals surface area contributed by atoms with Crippen LogP contribution in [-0.4, -0.2) is 34.5 Å². The lowest BCUT2D eigenvalue weighted by Gasteiger charge is -2.25. The number of aliphatic carboxylic acids is 1. The minimum atomic E-state index is -0.876. The zero-order valence-corrected chi connectivity index (χ0v) is 8.77. The van der Waals surface area contributed by atoms with Crippen molar-refractivity contribution in [2.45, 2.75) is 32.2 Å². The van der Waals surface area contributed by atoms with E-state index in [9.17, 15) is 9.59 Å². The van der Waals surface area contributed by atoms with Crippen LogP contribution in [0.25, 0.3) is 0 Å². The quantitative estimate of drug-likeness (QED) is 0.694. The Morgan fingerprint density at radius 1 is 1.80 bits per heavy atom. The molecule has 1 aliphatic rings. The van der Waals surface area contributed by atoms with E-state index in [2.05, 4.69) is 5.92 Å². The van der Waals surface area contributed by atoms with Crippen molar-refractivity contribution in [2.75, 3.05) is 6.54 Å². The molecule has 1 aliphatic heterocycles. The van der Waals surface area contributed by atoms with Gasteiger partial charge in [0, 0.05) is 24.9 Å². The molecule has 15 heavy (non-hydrogen) atoms. The van der Waals surface area contributed by atoms with Crippen LogP contribution in [-0.2, 0) is 9.59 Å². The first kappa shape index (κ1) is 11.6. The average molecular weight is 209 g/mol. The standard InChI is InChI=1S/C11H15NO3/c1-3-8-5-10(13)12(7-8)9(4-2)6-11(14)15/h1,8-9H,4-7H2,2H3,(H,14,15). The SMILES string of the molecule is C#CC1CC(=O)N(C(CC)CC(=O)O)C1. The van der Waals surface area contributed by atoms with E-state index in [0.717, 1.165) is 0 Å². The Morgan fingerprint density at radius 2 is 2.47 bits per heavy atom. The van der Waals surface area contributed by atoms with Crippen LogP contribution >= 0.6 is 0 Å². The van der Waals surface area contributed by atoms with Gasteiger partial charge in [0.1, 0.15) is 0 Å².